The highest BCUT2D eigenvalue weighted by atomic mass is 16.5. The van der Waals surface area contributed by atoms with Gasteiger partial charge in [0, 0.05) is 0 Å². The number of rotatable bonds is 6. The Bertz CT molecular complexity index is 398. The molecule has 0 saturated heterocycles. The minimum atomic E-state index is -0.411. The molecule has 0 aliphatic carbocycles. The number of carbonyl (C=O) groups is 1. The first kappa shape index (κ1) is 13.1. The van der Waals surface area contributed by atoms with Crippen LogP contribution < -0.4 is 9.47 Å². The SMILES string of the molecule is C=CCOC(=O)c1ccc(OCC)c(OC)c1. The Hall–Kier alpha value is -1.97. The summed E-state index contributed by atoms with van der Waals surface area (Å²) in [6.45, 7) is 6.08. The van der Waals surface area contributed by atoms with E-state index in [0.29, 0.717) is 23.7 Å². The van der Waals surface area contributed by atoms with Gasteiger partial charge in [0.25, 0.3) is 0 Å². The molecule has 0 heterocycles. The largest absolute Gasteiger partial charge is 0.493 e. The van der Waals surface area contributed by atoms with Gasteiger partial charge in [0.15, 0.2) is 11.5 Å². The van der Waals surface area contributed by atoms with Gasteiger partial charge in [0.05, 0.1) is 19.3 Å². The van der Waals surface area contributed by atoms with Crippen molar-refractivity contribution in [2.45, 2.75) is 6.92 Å². The molecule has 0 spiro atoms. The molecule has 4 heteroatoms. The summed E-state index contributed by atoms with van der Waals surface area (Å²) < 4.78 is 15.4. The van der Waals surface area contributed by atoms with Crippen LogP contribution in [0.1, 0.15) is 17.3 Å². The molecule has 0 N–H and O–H groups in total. The maximum absolute atomic E-state index is 11.6. The Labute approximate surface area is 101 Å². The van der Waals surface area contributed by atoms with Gasteiger partial charge in [-0.05, 0) is 25.1 Å². The zero-order valence-corrected chi connectivity index (χ0v) is 10.1. The number of hydrogen-bond acceptors (Lipinski definition) is 4. The molecule has 0 bridgehead atoms. The Morgan fingerprint density at radius 2 is 2.18 bits per heavy atom. The highest BCUT2D eigenvalue weighted by molar-refractivity contribution is 5.90. The van der Waals surface area contributed by atoms with Gasteiger partial charge >= 0.3 is 5.97 Å². The van der Waals surface area contributed by atoms with Crippen LogP contribution in [0.25, 0.3) is 0 Å². The third kappa shape index (κ3) is 3.52. The summed E-state index contributed by atoms with van der Waals surface area (Å²) in [6.07, 6.45) is 1.52. The van der Waals surface area contributed by atoms with Gasteiger partial charge in [-0.15, -0.1) is 0 Å². The standard InChI is InChI=1S/C13H16O4/c1-4-8-17-13(14)10-6-7-11(16-5-2)12(9-10)15-3/h4,6-7,9H,1,5,8H2,2-3H3. The van der Waals surface area contributed by atoms with Crippen molar-refractivity contribution in [1.82, 2.24) is 0 Å². The van der Waals surface area contributed by atoms with Gasteiger partial charge in [0.2, 0.25) is 0 Å². The lowest BCUT2D eigenvalue weighted by molar-refractivity contribution is 0.0549. The summed E-state index contributed by atoms with van der Waals surface area (Å²) in [7, 11) is 1.52. The van der Waals surface area contributed by atoms with E-state index in [0.717, 1.165) is 0 Å². The van der Waals surface area contributed by atoms with E-state index in [-0.39, 0.29) is 6.61 Å². The molecule has 0 fully saturated rings. The molecule has 0 unspecified atom stereocenters. The van der Waals surface area contributed by atoms with Crippen molar-refractivity contribution < 1.29 is 19.0 Å². The molecule has 0 radical (unpaired) electrons. The van der Waals surface area contributed by atoms with E-state index in [1.165, 1.54) is 13.2 Å². The van der Waals surface area contributed by atoms with E-state index in [2.05, 4.69) is 6.58 Å². The average molecular weight is 236 g/mol. The second kappa shape index (κ2) is 6.58. The van der Waals surface area contributed by atoms with Crippen LogP contribution in [-0.2, 0) is 4.74 Å². The summed E-state index contributed by atoms with van der Waals surface area (Å²) in [4.78, 5) is 11.6. The van der Waals surface area contributed by atoms with E-state index >= 15 is 0 Å². The van der Waals surface area contributed by atoms with Gasteiger partial charge in [-0.25, -0.2) is 4.79 Å². The molecule has 1 rings (SSSR count). The molecule has 1 aromatic rings. The van der Waals surface area contributed by atoms with Gasteiger partial charge in [-0.3, -0.25) is 0 Å². The van der Waals surface area contributed by atoms with Crippen molar-refractivity contribution in [2.24, 2.45) is 0 Å². The molecule has 0 aliphatic heterocycles. The van der Waals surface area contributed by atoms with E-state index in [4.69, 9.17) is 14.2 Å². The first-order chi connectivity index (χ1) is 8.22. The molecule has 0 aliphatic rings. The number of hydrogen-bond donors (Lipinski definition) is 0. The molecule has 92 valence electrons. The van der Waals surface area contributed by atoms with Crippen LogP contribution in [-0.4, -0.2) is 26.3 Å². The number of carbonyl (C=O) groups excluding carboxylic acids is 1. The maximum Gasteiger partial charge on any atom is 0.338 e. The molecular formula is C13H16O4. The predicted octanol–water partition coefficient (Wildman–Crippen LogP) is 2.44. The first-order valence-electron chi connectivity index (χ1n) is 5.31. The molecule has 4 nitrogen and oxygen atoms in total. The molecule has 0 atom stereocenters. The number of methoxy groups -OCH3 is 1. The zero-order valence-electron chi connectivity index (χ0n) is 10.1. The minimum Gasteiger partial charge on any atom is -0.493 e. The minimum absolute atomic E-state index is 0.189. The first-order valence-corrected chi connectivity index (χ1v) is 5.31. The summed E-state index contributed by atoms with van der Waals surface area (Å²) in [5, 5.41) is 0. The number of esters is 1. The lowest BCUT2D eigenvalue weighted by Crippen LogP contribution is -2.06. The summed E-state index contributed by atoms with van der Waals surface area (Å²) in [6, 6.07) is 4.92. The van der Waals surface area contributed by atoms with Gasteiger partial charge < -0.3 is 14.2 Å². The summed E-state index contributed by atoms with van der Waals surface area (Å²) in [5.74, 6) is 0.710. The molecule has 17 heavy (non-hydrogen) atoms. The van der Waals surface area contributed by atoms with Crippen molar-refractivity contribution in [2.75, 3.05) is 20.3 Å². The molecule has 0 amide bonds. The fraction of sp³-hybridized carbons (Fsp3) is 0.308. The molecule has 1 aromatic carbocycles. The molecule has 0 saturated carbocycles. The summed E-state index contributed by atoms with van der Waals surface area (Å²) in [5.41, 5.74) is 0.423. The second-order valence-electron chi connectivity index (χ2n) is 3.19. The van der Waals surface area contributed by atoms with Crippen LogP contribution in [0.3, 0.4) is 0 Å². The quantitative estimate of drug-likeness (QED) is 0.562. The fourth-order valence-electron chi connectivity index (χ4n) is 1.29. The highest BCUT2D eigenvalue weighted by Gasteiger charge is 2.11. The lowest BCUT2D eigenvalue weighted by Gasteiger charge is -2.10. The average Bonchev–Trinajstić information content (AvgIpc) is 2.36. The van der Waals surface area contributed by atoms with Crippen molar-refractivity contribution in [3.8, 4) is 11.5 Å². The Balaban J connectivity index is 2.88. The topological polar surface area (TPSA) is 44.8 Å². The monoisotopic (exact) mass is 236 g/mol. The van der Waals surface area contributed by atoms with Crippen LogP contribution in [0, 0.1) is 0 Å². The van der Waals surface area contributed by atoms with E-state index < -0.39 is 5.97 Å². The summed E-state index contributed by atoms with van der Waals surface area (Å²) >= 11 is 0. The van der Waals surface area contributed by atoms with Gasteiger partial charge in [-0.1, -0.05) is 12.7 Å². The third-order valence-electron chi connectivity index (χ3n) is 2.03. The maximum atomic E-state index is 11.6. The highest BCUT2D eigenvalue weighted by Crippen LogP contribution is 2.28. The van der Waals surface area contributed by atoms with Crippen LogP contribution >= 0.6 is 0 Å². The Kier molecular flexibility index (Phi) is 5.07. The second-order valence-corrected chi connectivity index (χ2v) is 3.19. The Morgan fingerprint density at radius 3 is 2.76 bits per heavy atom. The van der Waals surface area contributed by atoms with Crippen LogP contribution in [0.15, 0.2) is 30.9 Å². The fourth-order valence-corrected chi connectivity index (χ4v) is 1.29. The predicted molar refractivity (Wildman–Crippen MR) is 64.6 cm³/mol. The normalized spacial score (nSPS) is 9.53. The van der Waals surface area contributed by atoms with Crippen molar-refractivity contribution in [3.05, 3.63) is 36.4 Å². The lowest BCUT2D eigenvalue weighted by atomic mass is 10.2. The van der Waals surface area contributed by atoms with Gasteiger partial charge in [0.1, 0.15) is 6.61 Å². The van der Waals surface area contributed by atoms with Crippen molar-refractivity contribution in [1.29, 1.82) is 0 Å². The van der Waals surface area contributed by atoms with Crippen LogP contribution in [0.5, 0.6) is 11.5 Å². The molecule has 0 aromatic heterocycles. The van der Waals surface area contributed by atoms with Gasteiger partial charge in [-0.2, -0.15) is 0 Å². The third-order valence-corrected chi connectivity index (χ3v) is 2.03. The number of benzene rings is 1. The van der Waals surface area contributed by atoms with Crippen LogP contribution in [0.2, 0.25) is 0 Å². The number of ether oxygens (including phenoxy) is 3. The zero-order chi connectivity index (χ0) is 12.7. The van der Waals surface area contributed by atoms with Crippen molar-refractivity contribution in [3.63, 3.8) is 0 Å². The van der Waals surface area contributed by atoms with E-state index in [1.54, 1.807) is 18.2 Å². The Morgan fingerprint density at radius 1 is 1.41 bits per heavy atom. The van der Waals surface area contributed by atoms with Crippen LogP contribution in [0.4, 0.5) is 0 Å². The molecular weight excluding hydrogens is 220 g/mol. The van der Waals surface area contributed by atoms with E-state index in [9.17, 15) is 4.79 Å². The smallest absolute Gasteiger partial charge is 0.338 e. The van der Waals surface area contributed by atoms with E-state index in [1.807, 2.05) is 6.92 Å². The van der Waals surface area contributed by atoms with Crippen molar-refractivity contribution >= 4 is 5.97 Å².